The van der Waals surface area contributed by atoms with Crippen LogP contribution in [0.5, 0.6) is 0 Å². The fraction of sp³-hybridized carbons (Fsp3) is 0.444. The third-order valence-electron chi connectivity index (χ3n) is 4.48. The van der Waals surface area contributed by atoms with Gasteiger partial charge in [-0.1, -0.05) is 26.0 Å². The Morgan fingerprint density at radius 2 is 1.95 bits per heavy atom. The molecule has 0 amide bonds. The molecule has 110 valence electrons. The van der Waals surface area contributed by atoms with Crippen molar-refractivity contribution < 1.29 is 0 Å². The number of nitrogens with zero attached hydrogens (tertiary/aromatic N) is 2. The Bertz CT molecular complexity index is 689. The number of fused-ring (bicyclic) bond motifs is 1. The standard InChI is InChI=1S/C18H23N3/c1-11-5-6-13(7-12(11)2)17-20-10-14-15(19)8-18(3,4)9-16(14)21-17/h5-7,10,15H,8-9,19H2,1-4H3. The summed E-state index contributed by atoms with van der Waals surface area (Å²) in [7, 11) is 0. The molecule has 0 fully saturated rings. The Balaban J connectivity index is 2.05. The highest BCUT2D eigenvalue weighted by Crippen LogP contribution is 2.38. The molecule has 0 radical (unpaired) electrons. The van der Waals surface area contributed by atoms with Gasteiger partial charge in [-0.05, 0) is 49.3 Å². The van der Waals surface area contributed by atoms with Gasteiger partial charge in [0.1, 0.15) is 0 Å². The van der Waals surface area contributed by atoms with Gasteiger partial charge in [-0.25, -0.2) is 9.97 Å². The first-order valence-electron chi connectivity index (χ1n) is 7.55. The summed E-state index contributed by atoms with van der Waals surface area (Å²) < 4.78 is 0. The zero-order valence-corrected chi connectivity index (χ0v) is 13.3. The second-order valence-electron chi connectivity index (χ2n) is 7.05. The van der Waals surface area contributed by atoms with Crippen molar-refractivity contribution in [1.82, 2.24) is 9.97 Å². The summed E-state index contributed by atoms with van der Waals surface area (Å²) in [6.45, 7) is 8.76. The molecule has 21 heavy (non-hydrogen) atoms. The van der Waals surface area contributed by atoms with Crippen LogP contribution in [0.25, 0.3) is 11.4 Å². The van der Waals surface area contributed by atoms with Gasteiger partial charge in [0.2, 0.25) is 0 Å². The summed E-state index contributed by atoms with van der Waals surface area (Å²) in [6.07, 6.45) is 3.88. The lowest BCUT2D eigenvalue weighted by atomic mass is 9.74. The van der Waals surface area contributed by atoms with Gasteiger partial charge in [-0.2, -0.15) is 0 Å². The summed E-state index contributed by atoms with van der Waals surface area (Å²) >= 11 is 0. The summed E-state index contributed by atoms with van der Waals surface area (Å²) in [5, 5.41) is 0. The van der Waals surface area contributed by atoms with Crippen LogP contribution in [-0.4, -0.2) is 9.97 Å². The molecule has 1 aliphatic carbocycles. The number of aromatic nitrogens is 2. The molecular weight excluding hydrogens is 258 g/mol. The highest BCUT2D eigenvalue weighted by Gasteiger charge is 2.31. The van der Waals surface area contributed by atoms with Crippen molar-refractivity contribution in [3.8, 4) is 11.4 Å². The van der Waals surface area contributed by atoms with E-state index in [-0.39, 0.29) is 11.5 Å². The fourth-order valence-electron chi connectivity index (χ4n) is 3.13. The third-order valence-corrected chi connectivity index (χ3v) is 4.48. The molecule has 3 heteroatoms. The highest BCUT2D eigenvalue weighted by molar-refractivity contribution is 5.57. The molecule has 2 aromatic rings. The maximum Gasteiger partial charge on any atom is 0.159 e. The van der Waals surface area contributed by atoms with Crippen LogP contribution in [0.2, 0.25) is 0 Å². The Kier molecular flexibility index (Phi) is 3.33. The van der Waals surface area contributed by atoms with Crippen LogP contribution < -0.4 is 5.73 Å². The first-order chi connectivity index (χ1) is 9.85. The minimum Gasteiger partial charge on any atom is -0.324 e. The van der Waals surface area contributed by atoms with Gasteiger partial charge in [0.15, 0.2) is 5.82 Å². The van der Waals surface area contributed by atoms with Crippen molar-refractivity contribution in [3.63, 3.8) is 0 Å². The molecule has 1 aromatic carbocycles. The van der Waals surface area contributed by atoms with E-state index in [2.05, 4.69) is 50.9 Å². The van der Waals surface area contributed by atoms with Crippen LogP contribution in [-0.2, 0) is 6.42 Å². The predicted octanol–water partition coefficient (Wildman–Crippen LogP) is 3.73. The van der Waals surface area contributed by atoms with E-state index in [0.29, 0.717) is 0 Å². The minimum absolute atomic E-state index is 0.0533. The van der Waals surface area contributed by atoms with Gasteiger partial charge >= 0.3 is 0 Å². The first-order valence-corrected chi connectivity index (χ1v) is 7.55. The topological polar surface area (TPSA) is 51.8 Å². The van der Waals surface area contributed by atoms with E-state index in [1.165, 1.54) is 11.1 Å². The average Bonchev–Trinajstić information content (AvgIpc) is 2.40. The summed E-state index contributed by atoms with van der Waals surface area (Å²) in [6, 6.07) is 6.43. The second-order valence-corrected chi connectivity index (χ2v) is 7.05. The largest absolute Gasteiger partial charge is 0.324 e. The molecule has 0 saturated carbocycles. The molecule has 0 saturated heterocycles. The Morgan fingerprint density at radius 3 is 2.67 bits per heavy atom. The maximum absolute atomic E-state index is 6.27. The van der Waals surface area contributed by atoms with Gasteiger partial charge in [0, 0.05) is 29.1 Å². The lowest BCUT2D eigenvalue weighted by Crippen LogP contribution is -2.30. The van der Waals surface area contributed by atoms with Crippen molar-refractivity contribution >= 4 is 0 Å². The van der Waals surface area contributed by atoms with Gasteiger partial charge in [-0.15, -0.1) is 0 Å². The van der Waals surface area contributed by atoms with E-state index >= 15 is 0 Å². The Morgan fingerprint density at radius 1 is 1.19 bits per heavy atom. The van der Waals surface area contributed by atoms with Crippen molar-refractivity contribution in [1.29, 1.82) is 0 Å². The zero-order valence-electron chi connectivity index (χ0n) is 13.3. The maximum atomic E-state index is 6.27. The van der Waals surface area contributed by atoms with Crippen LogP contribution >= 0.6 is 0 Å². The van der Waals surface area contributed by atoms with Crippen molar-refractivity contribution in [2.75, 3.05) is 0 Å². The molecule has 1 aromatic heterocycles. The van der Waals surface area contributed by atoms with Gasteiger partial charge < -0.3 is 5.73 Å². The molecule has 2 N–H and O–H groups in total. The third kappa shape index (κ3) is 2.70. The smallest absolute Gasteiger partial charge is 0.159 e. The van der Waals surface area contributed by atoms with E-state index in [1.807, 2.05) is 6.20 Å². The molecule has 0 aliphatic heterocycles. The summed E-state index contributed by atoms with van der Waals surface area (Å²) in [5.74, 6) is 0.807. The molecule has 0 bridgehead atoms. The van der Waals surface area contributed by atoms with E-state index in [0.717, 1.165) is 35.5 Å². The first kappa shape index (κ1) is 14.2. The van der Waals surface area contributed by atoms with E-state index < -0.39 is 0 Å². The number of hydrogen-bond donors (Lipinski definition) is 1. The van der Waals surface area contributed by atoms with Crippen LogP contribution in [0.3, 0.4) is 0 Å². The summed E-state index contributed by atoms with van der Waals surface area (Å²) in [4.78, 5) is 9.35. The zero-order chi connectivity index (χ0) is 15.2. The number of aryl methyl sites for hydroxylation is 2. The summed E-state index contributed by atoms with van der Waals surface area (Å²) in [5.41, 5.74) is 12.4. The Hall–Kier alpha value is -1.74. The second kappa shape index (κ2) is 4.92. The molecule has 1 unspecified atom stereocenters. The fourth-order valence-corrected chi connectivity index (χ4v) is 3.13. The lowest BCUT2D eigenvalue weighted by molar-refractivity contribution is 0.278. The molecule has 3 nitrogen and oxygen atoms in total. The lowest BCUT2D eigenvalue weighted by Gasteiger charge is -2.34. The van der Waals surface area contributed by atoms with Crippen LogP contribution in [0, 0.1) is 19.3 Å². The molecule has 1 atom stereocenters. The highest BCUT2D eigenvalue weighted by atomic mass is 14.9. The van der Waals surface area contributed by atoms with Crippen LogP contribution in [0.15, 0.2) is 24.4 Å². The van der Waals surface area contributed by atoms with Crippen LogP contribution in [0.4, 0.5) is 0 Å². The normalized spacial score (nSPS) is 20.1. The number of nitrogens with two attached hydrogens (primary N) is 1. The van der Waals surface area contributed by atoms with E-state index in [1.54, 1.807) is 0 Å². The molecule has 1 aliphatic rings. The van der Waals surface area contributed by atoms with E-state index in [4.69, 9.17) is 10.7 Å². The predicted molar refractivity (Wildman–Crippen MR) is 86.0 cm³/mol. The van der Waals surface area contributed by atoms with E-state index in [9.17, 15) is 0 Å². The van der Waals surface area contributed by atoms with Gasteiger partial charge in [0.05, 0.1) is 0 Å². The minimum atomic E-state index is 0.0533. The van der Waals surface area contributed by atoms with Crippen LogP contribution in [0.1, 0.15) is 48.7 Å². The monoisotopic (exact) mass is 281 g/mol. The Labute approximate surface area is 126 Å². The number of rotatable bonds is 1. The molecule has 3 rings (SSSR count). The van der Waals surface area contributed by atoms with Crippen molar-refractivity contribution in [2.24, 2.45) is 11.1 Å². The molecular formula is C18H23N3. The number of benzene rings is 1. The van der Waals surface area contributed by atoms with Gasteiger partial charge in [-0.3, -0.25) is 0 Å². The number of hydrogen-bond acceptors (Lipinski definition) is 3. The van der Waals surface area contributed by atoms with Crippen molar-refractivity contribution in [2.45, 2.75) is 46.6 Å². The molecule has 0 spiro atoms. The van der Waals surface area contributed by atoms with Gasteiger partial charge in [0.25, 0.3) is 0 Å². The average molecular weight is 281 g/mol. The van der Waals surface area contributed by atoms with Crippen molar-refractivity contribution in [3.05, 3.63) is 46.8 Å². The molecule has 1 heterocycles. The SMILES string of the molecule is Cc1ccc(-c2ncc3c(n2)CC(C)(C)CC3N)cc1C. The quantitative estimate of drug-likeness (QED) is 0.866.